The molecule has 0 radical (unpaired) electrons. The second kappa shape index (κ2) is 4.45. The van der Waals surface area contributed by atoms with E-state index in [2.05, 4.69) is 34.3 Å². The predicted octanol–water partition coefficient (Wildman–Crippen LogP) is 1.80. The molecule has 0 amide bonds. The van der Waals surface area contributed by atoms with Crippen LogP contribution < -0.4 is 5.32 Å². The van der Waals surface area contributed by atoms with E-state index in [0.717, 1.165) is 36.7 Å². The van der Waals surface area contributed by atoms with E-state index in [9.17, 15) is 0 Å². The molecule has 1 saturated heterocycles. The van der Waals surface area contributed by atoms with E-state index >= 15 is 0 Å². The molecular weight excluding hydrogens is 242 g/mol. The van der Waals surface area contributed by atoms with Crippen LogP contribution in [0.1, 0.15) is 32.5 Å². The maximum absolute atomic E-state index is 5.73. The molecule has 1 aliphatic rings. The summed E-state index contributed by atoms with van der Waals surface area (Å²) in [6.45, 7) is 6.95. The Bertz CT molecular complexity index is 592. The summed E-state index contributed by atoms with van der Waals surface area (Å²) in [7, 11) is 0. The lowest BCUT2D eigenvalue weighted by atomic mass is 9.94. The molecule has 2 aromatic rings. The third kappa shape index (κ3) is 2.40. The average molecular weight is 261 g/mol. The van der Waals surface area contributed by atoms with Crippen molar-refractivity contribution in [2.24, 2.45) is 0 Å². The van der Waals surface area contributed by atoms with Crippen LogP contribution in [0.15, 0.2) is 12.4 Å². The van der Waals surface area contributed by atoms with Gasteiger partial charge >= 0.3 is 0 Å². The van der Waals surface area contributed by atoms with Gasteiger partial charge in [-0.15, -0.1) is 10.2 Å². The monoisotopic (exact) mass is 261 g/mol. The van der Waals surface area contributed by atoms with Crippen LogP contribution in [-0.4, -0.2) is 37.8 Å². The molecule has 0 spiro atoms. The molecular formula is C13H19N5O. The summed E-state index contributed by atoms with van der Waals surface area (Å²) in [5.74, 6) is 1.67. The molecule has 1 fully saturated rings. The minimum absolute atomic E-state index is 0.0788. The third-order valence-electron chi connectivity index (χ3n) is 3.54. The molecule has 1 unspecified atom stereocenters. The van der Waals surface area contributed by atoms with Crippen LogP contribution in [-0.2, 0) is 4.74 Å². The van der Waals surface area contributed by atoms with Gasteiger partial charge in [0.25, 0.3) is 0 Å². The minimum Gasteiger partial charge on any atom is -0.375 e. The SMILES string of the molecule is Cc1nnc2c(NC3CCOC(C)(C)C3)nccn12. The highest BCUT2D eigenvalue weighted by Crippen LogP contribution is 2.26. The van der Waals surface area contributed by atoms with Crippen LogP contribution in [0, 0.1) is 6.92 Å². The van der Waals surface area contributed by atoms with Crippen molar-refractivity contribution < 1.29 is 4.74 Å². The lowest BCUT2D eigenvalue weighted by molar-refractivity contribution is -0.0553. The van der Waals surface area contributed by atoms with Gasteiger partial charge in [0.15, 0.2) is 5.82 Å². The third-order valence-corrected chi connectivity index (χ3v) is 3.54. The lowest BCUT2D eigenvalue weighted by Crippen LogP contribution is -2.40. The fourth-order valence-electron chi connectivity index (χ4n) is 2.59. The van der Waals surface area contributed by atoms with Gasteiger partial charge in [-0.2, -0.15) is 0 Å². The predicted molar refractivity (Wildman–Crippen MR) is 72.2 cm³/mol. The number of aromatic nitrogens is 4. The second-order valence-electron chi connectivity index (χ2n) is 5.66. The molecule has 6 nitrogen and oxygen atoms in total. The summed E-state index contributed by atoms with van der Waals surface area (Å²) >= 11 is 0. The lowest BCUT2D eigenvalue weighted by Gasteiger charge is -2.36. The summed E-state index contributed by atoms with van der Waals surface area (Å²) < 4.78 is 7.68. The summed E-state index contributed by atoms with van der Waals surface area (Å²) in [6.07, 6.45) is 5.60. The number of nitrogens with one attached hydrogen (secondary N) is 1. The maximum atomic E-state index is 5.73. The molecule has 3 heterocycles. The Labute approximate surface area is 112 Å². The molecule has 2 aromatic heterocycles. The number of ether oxygens (including phenoxy) is 1. The molecule has 1 atom stereocenters. The highest BCUT2D eigenvalue weighted by molar-refractivity contribution is 5.62. The first-order valence-electron chi connectivity index (χ1n) is 6.62. The van der Waals surface area contributed by atoms with Crippen molar-refractivity contribution >= 4 is 11.5 Å². The fraction of sp³-hybridized carbons (Fsp3) is 0.615. The first-order valence-corrected chi connectivity index (χ1v) is 6.62. The van der Waals surface area contributed by atoms with Gasteiger partial charge in [-0.3, -0.25) is 4.40 Å². The standard InChI is InChI=1S/C13H19N5O/c1-9-16-17-12-11(14-5-6-18(9)12)15-10-4-7-19-13(2,3)8-10/h5-6,10H,4,7-8H2,1-3H3,(H,14,15). The smallest absolute Gasteiger partial charge is 0.203 e. The van der Waals surface area contributed by atoms with E-state index in [1.54, 1.807) is 6.20 Å². The first-order chi connectivity index (χ1) is 9.05. The van der Waals surface area contributed by atoms with E-state index in [1.807, 2.05) is 17.5 Å². The van der Waals surface area contributed by atoms with Gasteiger partial charge in [-0.1, -0.05) is 0 Å². The van der Waals surface area contributed by atoms with Crippen molar-refractivity contribution in [3.63, 3.8) is 0 Å². The summed E-state index contributed by atoms with van der Waals surface area (Å²) in [5, 5.41) is 11.7. The number of rotatable bonds is 2. The van der Waals surface area contributed by atoms with Crippen molar-refractivity contribution in [2.75, 3.05) is 11.9 Å². The Morgan fingerprint density at radius 3 is 3.05 bits per heavy atom. The normalized spacial score (nSPS) is 22.6. The van der Waals surface area contributed by atoms with Gasteiger partial charge in [0.05, 0.1) is 5.60 Å². The minimum atomic E-state index is -0.0788. The van der Waals surface area contributed by atoms with Gasteiger partial charge in [-0.25, -0.2) is 4.98 Å². The number of nitrogens with zero attached hydrogens (tertiary/aromatic N) is 4. The highest BCUT2D eigenvalue weighted by atomic mass is 16.5. The van der Waals surface area contributed by atoms with Crippen LogP contribution in [0.4, 0.5) is 5.82 Å². The average Bonchev–Trinajstić information content (AvgIpc) is 2.71. The number of hydrogen-bond acceptors (Lipinski definition) is 5. The van der Waals surface area contributed by atoms with Crippen molar-refractivity contribution in [3.05, 3.63) is 18.2 Å². The largest absolute Gasteiger partial charge is 0.375 e. The van der Waals surface area contributed by atoms with Gasteiger partial charge in [-0.05, 0) is 33.6 Å². The Morgan fingerprint density at radius 2 is 2.26 bits per heavy atom. The van der Waals surface area contributed by atoms with E-state index in [0.29, 0.717) is 6.04 Å². The highest BCUT2D eigenvalue weighted by Gasteiger charge is 2.29. The van der Waals surface area contributed by atoms with Crippen LogP contribution in [0.3, 0.4) is 0 Å². The van der Waals surface area contributed by atoms with E-state index in [4.69, 9.17) is 4.74 Å². The summed E-state index contributed by atoms with van der Waals surface area (Å²) in [5.41, 5.74) is 0.703. The summed E-state index contributed by atoms with van der Waals surface area (Å²) in [6, 6.07) is 0.361. The number of fused-ring (bicyclic) bond motifs is 1. The molecule has 19 heavy (non-hydrogen) atoms. The molecule has 1 N–H and O–H groups in total. The van der Waals surface area contributed by atoms with Gasteiger partial charge in [0.2, 0.25) is 5.65 Å². The van der Waals surface area contributed by atoms with Crippen molar-refractivity contribution in [2.45, 2.75) is 45.3 Å². The molecule has 3 rings (SSSR count). The van der Waals surface area contributed by atoms with Crippen molar-refractivity contribution in [3.8, 4) is 0 Å². The molecule has 0 aromatic carbocycles. The van der Waals surface area contributed by atoms with Crippen LogP contribution in [0.2, 0.25) is 0 Å². The zero-order chi connectivity index (χ0) is 13.5. The Hall–Kier alpha value is -1.69. The van der Waals surface area contributed by atoms with E-state index < -0.39 is 0 Å². The molecule has 0 aliphatic carbocycles. The first kappa shape index (κ1) is 12.3. The zero-order valence-electron chi connectivity index (χ0n) is 11.6. The number of aryl methyl sites for hydroxylation is 1. The Kier molecular flexibility index (Phi) is 2.89. The van der Waals surface area contributed by atoms with Gasteiger partial charge in [0, 0.05) is 25.0 Å². The fourth-order valence-corrected chi connectivity index (χ4v) is 2.59. The molecule has 6 heteroatoms. The van der Waals surface area contributed by atoms with Crippen molar-refractivity contribution in [1.29, 1.82) is 0 Å². The molecule has 0 bridgehead atoms. The second-order valence-corrected chi connectivity index (χ2v) is 5.66. The van der Waals surface area contributed by atoms with Crippen LogP contribution in [0.25, 0.3) is 5.65 Å². The maximum Gasteiger partial charge on any atom is 0.203 e. The van der Waals surface area contributed by atoms with Crippen LogP contribution >= 0.6 is 0 Å². The Balaban J connectivity index is 1.85. The number of anilines is 1. The van der Waals surface area contributed by atoms with Crippen molar-refractivity contribution in [1.82, 2.24) is 19.6 Å². The quantitative estimate of drug-likeness (QED) is 0.893. The Morgan fingerprint density at radius 1 is 1.42 bits per heavy atom. The van der Waals surface area contributed by atoms with Gasteiger partial charge < -0.3 is 10.1 Å². The van der Waals surface area contributed by atoms with Crippen LogP contribution in [0.5, 0.6) is 0 Å². The van der Waals surface area contributed by atoms with Gasteiger partial charge in [0.1, 0.15) is 5.82 Å². The topological polar surface area (TPSA) is 64.3 Å². The number of hydrogen-bond donors (Lipinski definition) is 1. The van der Waals surface area contributed by atoms with E-state index in [1.165, 1.54) is 0 Å². The molecule has 1 aliphatic heterocycles. The van der Waals surface area contributed by atoms with E-state index in [-0.39, 0.29) is 5.60 Å². The molecule has 102 valence electrons. The molecule has 0 saturated carbocycles. The zero-order valence-corrected chi connectivity index (χ0v) is 11.6. The summed E-state index contributed by atoms with van der Waals surface area (Å²) in [4.78, 5) is 4.39.